The molecule has 9 nitrogen and oxygen atoms in total. The molecule has 1 N–H and O–H groups in total. The van der Waals surface area contributed by atoms with E-state index in [4.69, 9.17) is 9.47 Å². The molecular weight excluding hydrogens is 486 g/mol. The minimum atomic E-state index is -1.28. The minimum Gasteiger partial charge on any atom is -0.469 e. The van der Waals surface area contributed by atoms with Crippen LogP contribution in [0.3, 0.4) is 0 Å². The maximum absolute atomic E-state index is 14.1. The SMILES string of the molecule is COC(=O)[C@@H]1[C@@H](c2ccccc2)N2[C@@H](c3ccccc3)[C@H](NC(=O)c3ccccc3)C(=O)N2[C@H]1C(=O)OC. The number of benzene rings is 3. The zero-order valence-corrected chi connectivity index (χ0v) is 20.9. The van der Waals surface area contributed by atoms with E-state index in [0.717, 1.165) is 5.56 Å². The van der Waals surface area contributed by atoms with Crippen LogP contribution in [0.25, 0.3) is 0 Å². The third-order valence-corrected chi connectivity index (χ3v) is 7.09. The Morgan fingerprint density at radius 3 is 1.74 bits per heavy atom. The molecule has 2 saturated heterocycles. The fourth-order valence-corrected chi connectivity index (χ4v) is 5.48. The van der Waals surface area contributed by atoms with Crippen molar-refractivity contribution in [2.45, 2.75) is 24.2 Å². The summed E-state index contributed by atoms with van der Waals surface area (Å²) in [6.07, 6.45) is 0. The summed E-state index contributed by atoms with van der Waals surface area (Å²) in [6.45, 7) is 0. The number of nitrogens with zero attached hydrogens (tertiary/aromatic N) is 2. The van der Waals surface area contributed by atoms with E-state index in [2.05, 4.69) is 5.32 Å². The third kappa shape index (κ3) is 4.20. The molecule has 194 valence electrons. The summed E-state index contributed by atoms with van der Waals surface area (Å²) in [7, 11) is 2.46. The van der Waals surface area contributed by atoms with Gasteiger partial charge in [-0.2, -0.15) is 5.01 Å². The Balaban J connectivity index is 1.68. The second-order valence-electron chi connectivity index (χ2n) is 9.11. The summed E-state index contributed by atoms with van der Waals surface area (Å²) in [5.74, 6) is -3.41. The molecule has 0 aromatic heterocycles. The second-order valence-corrected chi connectivity index (χ2v) is 9.11. The van der Waals surface area contributed by atoms with Crippen molar-refractivity contribution < 1.29 is 28.7 Å². The second kappa shape index (κ2) is 10.5. The maximum atomic E-state index is 14.1. The number of fused-ring (bicyclic) bond motifs is 1. The summed E-state index contributed by atoms with van der Waals surface area (Å²) in [5, 5.41) is 5.89. The predicted molar refractivity (Wildman–Crippen MR) is 136 cm³/mol. The van der Waals surface area contributed by atoms with Crippen molar-refractivity contribution in [3.8, 4) is 0 Å². The van der Waals surface area contributed by atoms with Crippen molar-refractivity contribution in [3.63, 3.8) is 0 Å². The van der Waals surface area contributed by atoms with Crippen LogP contribution in [-0.4, -0.2) is 60.1 Å². The molecule has 2 amide bonds. The molecule has 0 bridgehead atoms. The Kier molecular flexibility index (Phi) is 6.93. The van der Waals surface area contributed by atoms with Crippen molar-refractivity contribution in [1.82, 2.24) is 15.3 Å². The molecule has 0 aliphatic carbocycles. The Morgan fingerprint density at radius 1 is 0.711 bits per heavy atom. The lowest BCUT2D eigenvalue weighted by Gasteiger charge is -2.33. The lowest BCUT2D eigenvalue weighted by Crippen LogP contribution is -2.50. The van der Waals surface area contributed by atoms with E-state index in [9.17, 15) is 19.2 Å². The molecule has 38 heavy (non-hydrogen) atoms. The Hall–Kier alpha value is -4.50. The molecule has 2 aliphatic rings. The summed E-state index contributed by atoms with van der Waals surface area (Å²) in [5.41, 5.74) is 1.84. The number of carbonyl (C=O) groups excluding carboxylic acids is 4. The van der Waals surface area contributed by atoms with E-state index in [-0.39, 0.29) is 0 Å². The number of esters is 2. The van der Waals surface area contributed by atoms with Crippen LogP contribution in [0.4, 0.5) is 0 Å². The smallest absolute Gasteiger partial charge is 0.331 e. The van der Waals surface area contributed by atoms with Gasteiger partial charge < -0.3 is 14.8 Å². The fraction of sp³-hybridized carbons (Fsp3) is 0.241. The number of hydrazine groups is 1. The monoisotopic (exact) mass is 513 g/mol. The van der Waals surface area contributed by atoms with Crippen LogP contribution in [0.15, 0.2) is 91.0 Å². The lowest BCUT2D eigenvalue weighted by molar-refractivity contribution is -0.161. The largest absolute Gasteiger partial charge is 0.469 e. The van der Waals surface area contributed by atoms with Gasteiger partial charge in [-0.3, -0.25) is 19.4 Å². The van der Waals surface area contributed by atoms with Gasteiger partial charge in [0, 0.05) is 5.56 Å². The van der Waals surface area contributed by atoms with Gasteiger partial charge in [-0.15, -0.1) is 0 Å². The normalized spacial score (nSPS) is 24.5. The number of rotatable bonds is 6. The van der Waals surface area contributed by atoms with Crippen molar-refractivity contribution in [2.24, 2.45) is 5.92 Å². The molecule has 3 aromatic carbocycles. The molecule has 5 atom stereocenters. The van der Waals surface area contributed by atoms with Gasteiger partial charge in [0.25, 0.3) is 11.8 Å². The first-order valence-corrected chi connectivity index (χ1v) is 12.2. The van der Waals surface area contributed by atoms with Gasteiger partial charge in [0.2, 0.25) is 0 Å². The average molecular weight is 514 g/mol. The molecule has 2 heterocycles. The minimum absolute atomic E-state index is 0.394. The number of methoxy groups -OCH3 is 2. The molecule has 2 aliphatic heterocycles. The van der Waals surface area contributed by atoms with Crippen LogP contribution >= 0.6 is 0 Å². The van der Waals surface area contributed by atoms with E-state index < -0.39 is 53.8 Å². The van der Waals surface area contributed by atoms with E-state index >= 15 is 0 Å². The summed E-state index contributed by atoms with van der Waals surface area (Å²) in [6, 6.07) is 23.2. The van der Waals surface area contributed by atoms with E-state index in [1.165, 1.54) is 19.2 Å². The summed E-state index contributed by atoms with van der Waals surface area (Å²) >= 11 is 0. The van der Waals surface area contributed by atoms with E-state index in [1.807, 2.05) is 60.7 Å². The van der Waals surface area contributed by atoms with Crippen molar-refractivity contribution in [3.05, 3.63) is 108 Å². The van der Waals surface area contributed by atoms with Crippen LogP contribution < -0.4 is 5.32 Å². The number of hydrogen-bond acceptors (Lipinski definition) is 7. The van der Waals surface area contributed by atoms with Gasteiger partial charge >= 0.3 is 11.9 Å². The standard InChI is InChI=1S/C29H27N3O6/c1-37-28(35)21-23(18-12-6-3-7-13-18)31-24(19-14-8-4-9-15-19)22(27(34)32(31)25(21)29(36)38-2)30-26(33)20-16-10-5-11-17-20/h3-17,21-25H,1-2H3,(H,30,33)/t21-,22+,23-,24+,25-/m1/s1. The highest BCUT2D eigenvalue weighted by Crippen LogP contribution is 2.51. The van der Waals surface area contributed by atoms with Crippen LogP contribution in [0.1, 0.15) is 33.6 Å². The zero-order valence-electron chi connectivity index (χ0n) is 20.9. The van der Waals surface area contributed by atoms with Gasteiger partial charge in [0.15, 0.2) is 6.04 Å². The molecule has 0 radical (unpaired) electrons. The van der Waals surface area contributed by atoms with Gasteiger partial charge in [0.1, 0.15) is 12.0 Å². The van der Waals surface area contributed by atoms with Crippen molar-refractivity contribution in [2.75, 3.05) is 14.2 Å². The topological polar surface area (TPSA) is 105 Å². The Labute approximate surface area is 219 Å². The molecule has 0 unspecified atom stereocenters. The lowest BCUT2D eigenvalue weighted by atomic mass is 9.86. The molecule has 5 rings (SSSR count). The first-order valence-electron chi connectivity index (χ1n) is 12.2. The van der Waals surface area contributed by atoms with E-state index in [0.29, 0.717) is 11.1 Å². The first kappa shape index (κ1) is 25.2. The number of nitrogens with one attached hydrogen (secondary N) is 1. The molecule has 0 saturated carbocycles. The highest BCUT2D eigenvalue weighted by molar-refractivity contribution is 6.00. The molecular formula is C29H27N3O6. The van der Waals surface area contributed by atoms with Gasteiger partial charge in [-0.1, -0.05) is 78.9 Å². The Morgan fingerprint density at radius 2 is 1.21 bits per heavy atom. The third-order valence-electron chi connectivity index (χ3n) is 7.09. The number of amides is 2. The molecule has 3 aromatic rings. The van der Waals surface area contributed by atoms with Crippen LogP contribution in [0.2, 0.25) is 0 Å². The Bertz CT molecular complexity index is 1330. The first-order chi connectivity index (χ1) is 18.5. The summed E-state index contributed by atoms with van der Waals surface area (Å²) < 4.78 is 10.2. The highest BCUT2D eigenvalue weighted by Gasteiger charge is 2.65. The number of carbonyl (C=O) groups is 4. The quantitative estimate of drug-likeness (QED) is 0.506. The van der Waals surface area contributed by atoms with Gasteiger partial charge in [-0.05, 0) is 23.3 Å². The van der Waals surface area contributed by atoms with Crippen LogP contribution in [-0.2, 0) is 23.9 Å². The van der Waals surface area contributed by atoms with Crippen LogP contribution in [0.5, 0.6) is 0 Å². The molecule has 2 fully saturated rings. The highest BCUT2D eigenvalue weighted by atomic mass is 16.5. The fourth-order valence-electron chi connectivity index (χ4n) is 5.48. The van der Waals surface area contributed by atoms with Crippen molar-refractivity contribution in [1.29, 1.82) is 0 Å². The molecule has 0 spiro atoms. The molecule has 9 heteroatoms. The average Bonchev–Trinajstić information content (AvgIpc) is 3.45. The van der Waals surface area contributed by atoms with Crippen molar-refractivity contribution >= 4 is 23.8 Å². The van der Waals surface area contributed by atoms with Gasteiger partial charge in [0.05, 0.1) is 26.3 Å². The maximum Gasteiger partial charge on any atom is 0.331 e. The zero-order chi connectivity index (χ0) is 26.8. The summed E-state index contributed by atoms with van der Waals surface area (Å²) in [4.78, 5) is 53.7. The van der Waals surface area contributed by atoms with Gasteiger partial charge in [-0.25, -0.2) is 4.79 Å². The van der Waals surface area contributed by atoms with Crippen LogP contribution in [0, 0.1) is 5.92 Å². The number of hydrogen-bond donors (Lipinski definition) is 1. The van der Waals surface area contributed by atoms with E-state index in [1.54, 1.807) is 35.3 Å². The number of ether oxygens (including phenoxy) is 2. The predicted octanol–water partition coefficient (Wildman–Crippen LogP) is 2.67.